The Kier molecular flexibility index (Phi) is 5.56. The van der Waals surface area contributed by atoms with Gasteiger partial charge in [0.1, 0.15) is 0 Å². The van der Waals surface area contributed by atoms with Crippen molar-refractivity contribution >= 4 is 11.7 Å². The van der Waals surface area contributed by atoms with Gasteiger partial charge in [-0.15, -0.1) is 0 Å². The molecule has 0 radical (unpaired) electrons. The van der Waals surface area contributed by atoms with E-state index in [-0.39, 0.29) is 18.2 Å². The second-order valence-electron chi connectivity index (χ2n) is 4.62. The Morgan fingerprint density at radius 3 is 2.61 bits per heavy atom. The molecule has 0 aliphatic heterocycles. The second kappa shape index (κ2) is 6.94. The highest BCUT2D eigenvalue weighted by Gasteiger charge is 2.10. The summed E-state index contributed by atoms with van der Waals surface area (Å²) in [6.07, 6.45) is 2.35. The average molecular weight is 247 g/mol. The van der Waals surface area contributed by atoms with Crippen molar-refractivity contribution in [2.75, 3.05) is 6.54 Å². The van der Waals surface area contributed by atoms with Crippen LogP contribution in [0.25, 0.3) is 0 Å². The summed E-state index contributed by atoms with van der Waals surface area (Å²) in [5, 5.41) is 2.67. The number of ketones is 1. The van der Waals surface area contributed by atoms with E-state index in [2.05, 4.69) is 5.32 Å². The SMILES string of the molecule is CCCCC(=O)NCC(=O)c1cc(C)ccc1C. The van der Waals surface area contributed by atoms with Crippen molar-refractivity contribution in [1.29, 1.82) is 0 Å². The van der Waals surface area contributed by atoms with Gasteiger partial charge in [0.2, 0.25) is 5.91 Å². The summed E-state index contributed by atoms with van der Waals surface area (Å²) in [5.41, 5.74) is 2.71. The molecule has 0 aromatic heterocycles. The molecule has 3 heteroatoms. The molecule has 0 spiro atoms. The van der Waals surface area contributed by atoms with Gasteiger partial charge in [-0.3, -0.25) is 9.59 Å². The maximum atomic E-state index is 12.0. The van der Waals surface area contributed by atoms with Gasteiger partial charge in [0.15, 0.2) is 5.78 Å². The lowest BCUT2D eigenvalue weighted by atomic mass is 10.0. The van der Waals surface area contributed by atoms with Crippen LogP contribution in [0.2, 0.25) is 0 Å². The summed E-state index contributed by atoms with van der Waals surface area (Å²) in [6.45, 7) is 5.99. The number of rotatable bonds is 6. The summed E-state index contributed by atoms with van der Waals surface area (Å²) in [4.78, 5) is 23.4. The van der Waals surface area contributed by atoms with Crippen LogP contribution in [0.3, 0.4) is 0 Å². The number of Topliss-reactive ketones (excluding diaryl/α,β-unsaturated/α-hetero) is 1. The van der Waals surface area contributed by atoms with Gasteiger partial charge in [-0.25, -0.2) is 0 Å². The lowest BCUT2D eigenvalue weighted by Crippen LogP contribution is -2.29. The minimum Gasteiger partial charge on any atom is -0.349 e. The Morgan fingerprint density at radius 2 is 1.94 bits per heavy atom. The Balaban J connectivity index is 2.55. The predicted molar refractivity (Wildman–Crippen MR) is 72.8 cm³/mol. The first kappa shape index (κ1) is 14.4. The molecule has 1 amide bonds. The van der Waals surface area contributed by atoms with Gasteiger partial charge < -0.3 is 5.32 Å². The van der Waals surface area contributed by atoms with E-state index in [0.29, 0.717) is 12.0 Å². The third kappa shape index (κ3) is 4.32. The molecule has 0 aliphatic carbocycles. The quantitative estimate of drug-likeness (QED) is 0.786. The fourth-order valence-electron chi connectivity index (χ4n) is 1.74. The zero-order valence-corrected chi connectivity index (χ0v) is 11.4. The van der Waals surface area contributed by atoms with E-state index in [0.717, 1.165) is 24.0 Å². The predicted octanol–water partition coefficient (Wildman–Crippen LogP) is 2.79. The zero-order chi connectivity index (χ0) is 13.5. The largest absolute Gasteiger partial charge is 0.349 e. The highest BCUT2D eigenvalue weighted by atomic mass is 16.2. The van der Waals surface area contributed by atoms with E-state index < -0.39 is 0 Å². The van der Waals surface area contributed by atoms with Crippen molar-refractivity contribution in [3.63, 3.8) is 0 Å². The van der Waals surface area contributed by atoms with Crippen LogP contribution in [-0.2, 0) is 4.79 Å². The molecule has 1 N–H and O–H groups in total. The Bertz CT molecular complexity index is 438. The third-order valence-electron chi connectivity index (χ3n) is 2.90. The summed E-state index contributed by atoms with van der Waals surface area (Å²) < 4.78 is 0. The smallest absolute Gasteiger partial charge is 0.220 e. The van der Waals surface area contributed by atoms with Crippen molar-refractivity contribution < 1.29 is 9.59 Å². The van der Waals surface area contributed by atoms with Crippen LogP contribution < -0.4 is 5.32 Å². The summed E-state index contributed by atoms with van der Waals surface area (Å²) in [6, 6.07) is 5.78. The topological polar surface area (TPSA) is 46.2 Å². The molecule has 0 bridgehead atoms. The van der Waals surface area contributed by atoms with Gasteiger partial charge in [0, 0.05) is 12.0 Å². The number of carbonyl (C=O) groups is 2. The average Bonchev–Trinajstić information content (AvgIpc) is 2.36. The third-order valence-corrected chi connectivity index (χ3v) is 2.90. The van der Waals surface area contributed by atoms with Crippen molar-refractivity contribution in [2.45, 2.75) is 40.0 Å². The van der Waals surface area contributed by atoms with E-state index in [1.807, 2.05) is 39.0 Å². The molecule has 0 fully saturated rings. The molecule has 1 aromatic carbocycles. The van der Waals surface area contributed by atoms with E-state index in [1.54, 1.807) is 0 Å². The molecule has 98 valence electrons. The van der Waals surface area contributed by atoms with Crippen LogP contribution in [0.1, 0.15) is 47.7 Å². The van der Waals surface area contributed by atoms with Gasteiger partial charge in [-0.1, -0.05) is 31.0 Å². The zero-order valence-electron chi connectivity index (χ0n) is 11.4. The minimum atomic E-state index is -0.0458. The number of benzene rings is 1. The number of hydrogen-bond acceptors (Lipinski definition) is 2. The van der Waals surface area contributed by atoms with Crippen LogP contribution in [0.4, 0.5) is 0 Å². The highest BCUT2D eigenvalue weighted by Crippen LogP contribution is 2.11. The lowest BCUT2D eigenvalue weighted by molar-refractivity contribution is -0.121. The van der Waals surface area contributed by atoms with Gasteiger partial charge in [0.05, 0.1) is 6.54 Å². The number of carbonyl (C=O) groups excluding carboxylic acids is 2. The van der Waals surface area contributed by atoms with Crippen LogP contribution >= 0.6 is 0 Å². The maximum Gasteiger partial charge on any atom is 0.220 e. The van der Waals surface area contributed by atoms with Gasteiger partial charge in [0.25, 0.3) is 0 Å². The Hall–Kier alpha value is -1.64. The maximum absolute atomic E-state index is 12.0. The standard InChI is InChI=1S/C15H21NO2/c1-4-5-6-15(18)16-10-14(17)13-9-11(2)7-8-12(13)3/h7-9H,4-6,10H2,1-3H3,(H,16,18). The normalized spacial score (nSPS) is 10.2. The molecule has 0 saturated carbocycles. The van der Waals surface area contributed by atoms with Crippen molar-refractivity contribution in [3.05, 3.63) is 34.9 Å². The van der Waals surface area contributed by atoms with E-state index in [9.17, 15) is 9.59 Å². The molecule has 0 atom stereocenters. The number of unbranched alkanes of at least 4 members (excludes halogenated alkanes) is 1. The molecule has 3 nitrogen and oxygen atoms in total. The first-order valence-electron chi connectivity index (χ1n) is 6.41. The molecule has 18 heavy (non-hydrogen) atoms. The van der Waals surface area contributed by atoms with E-state index in [1.165, 1.54) is 0 Å². The fourth-order valence-corrected chi connectivity index (χ4v) is 1.74. The molecule has 1 aromatic rings. The number of nitrogens with one attached hydrogen (secondary N) is 1. The van der Waals surface area contributed by atoms with Crippen LogP contribution in [0, 0.1) is 13.8 Å². The first-order valence-corrected chi connectivity index (χ1v) is 6.41. The molecule has 1 rings (SSSR count). The fraction of sp³-hybridized carbons (Fsp3) is 0.467. The molecule has 0 unspecified atom stereocenters. The van der Waals surface area contributed by atoms with Crippen LogP contribution in [0.5, 0.6) is 0 Å². The molecule has 0 saturated heterocycles. The summed E-state index contributed by atoms with van der Waals surface area (Å²) in [5.74, 6) is -0.0726. The first-order chi connectivity index (χ1) is 8.54. The Morgan fingerprint density at radius 1 is 1.22 bits per heavy atom. The number of amides is 1. The highest BCUT2D eigenvalue weighted by molar-refractivity contribution is 6.00. The minimum absolute atomic E-state index is 0.0268. The lowest BCUT2D eigenvalue weighted by Gasteiger charge is -2.07. The number of aryl methyl sites for hydroxylation is 2. The monoisotopic (exact) mass is 247 g/mol. The molecule has 0 heterocycles. The summed E-state index contributed by atoms with van der Waals surface area (Å²) >= 11 is 0. The van der Waals surface area contributed by atoms with E-state index in [4.69, 9.17) is 0 Å². The van der Waals surface area contributed by atoms with Gasteiger partial charge >= 0.3 is 0 Å². The Labute approximate surface area is 109 Å². The van der Waals surface area contributed by atoms with Crippen LogP contribution in [0.15, 0.2) is 18.2 Å². The van der Waals surface area contributed by atoms with Crippen LogP contribution in [-0.4, -0.2) is 18.2 Å². The second-order valence-corrected chi connectivity index (χ2v) is 4.62. The number of hydrogen-bond donors (Lipinski definition) is 1. The van der Waals surface area contributed by atoms with Crippen molar-refractivity contribution in [1.82, 2.24) is 5.32 Å². The molecular weight excluding hydrogens is 226 g/mol. The van der Waals surface area contributed by atoms with Gasteiger partial charge in [-0.05, 0) is 31.9 Å². The van der Waals surface area contributed by atoms with Crippen molar-refractivity contribution in [3.8, 4) is 0 Å². The molecule has 0 aliphatic rings. The van der Waals surface area contributed by atoms with Gasteiger partial charge in [-0.2, -0.15) is 0 Å². The van der Waals surface area contributed by atoms with E-state index >= 15 is 0 Å². The summed E-state index contributed by atoms with van der Waals surface area (Å²) in [7, 11) is 0. The van der Waals surface area contributed by atoms with Crippen molar-refractivity contribution in [2.24, 2.45) is 0 Å². The molecular formula is C15H21NO2.